The lowest BCUT2D eigenvalue weighted by molar-refractivity contribution is -0.124. The number of hydrogen-bond donors (Lipinski definition) is 3. The fourth-order valence-corrected chi connectivity index (χ4v) is 5.23. The molecule has 0 radical (unpaired) electrons. The van der Waals surface area contributed by atoms with Crippen LogP contribution in [-0.4, -0.2) is 48.0 Å². The van der Waals surface area contributed by atoms with Crippen molar-refractivity contribution >= 4 is 40.7 Å². The summed E-state index contributed by atoms with van der Waals surface area (Å²) >= 11 is 12.1. The van der Waals surface area contributed by atoms with E-state index in [1.165, 1.54) is 5.56 Å². The molecule has 0 aromatic heterocycles. The van der Waals surface area contributed by atoms with E-state index >= 15 is 0 Å². The third-order valence-electron chi connectivity index (χ3n) is 6.47. The van der Waals surface area contributed by atoms with Gasteiger partial charge in [0.15, 0.2) is 6.61 Å². The number of rotatable bonds is 9. The molecule has 2 aliphatic heterocycles. The molecule has 0 aliphatic carbocycles. The minimum Gasteiger partial charge on any atom is -0.482 e. The number of carbonyl (C=O) groups is 2. The van der Waals surface area contributed by atoms with E-state index < -0.39 is 0 Å². The van der Waals surface area contributed by atoms with Crippen molar-refractivity contribution in [3.05, 3.63) is 58.1 Å². The second-order valence-corrected chi connectivity index (χ2v) is 9.81. The lowest BCUT2D eigenvalue weighted by Gasteiger charge is -2.39. The summed E-state index contributed by atoms with van der Waals surface area (Å²) in [6, 6.07) is 14.0. The second kappa shape index (κ2) is 11.4. The van der Waals surface area contributed by atoms with E-state index in [0.29, 0.717) is 28.5 Å². The van der Waals surface area contributed by atoms with E-state index in [4.69, 9.17) is 33.7 Å². The largest absolute Gasteiger partial charge is 0.482 e. The number of amides is 2. The molecule has 34 heavy (non-hydrogen) atoms. The molecule has 2 atom stereocenters. The summed E-state index contributed by atoms with van der Waals surface area (Å²) in [7, 11) is 0. The first kappa shape index (κ1) is 24.8. The number of hydrogen-bond acceptors (Lipinski definition) is 5. The number of ether oxygens (including phenoxy) is 1. The molecule has 2 aliphatic rings. The second-order valence-electron chi connectivity index (χ2n) is 8.94. The number of nitrogens with zero attached hydrogens (tertiary/aromatic N) is 1. The average Bonchev–Trinajstić information content (AvgIpc) is 3.02. The number of halogens is 2. The summed E-state index contributed by atoms with van der Waals surface area (Å²) in [5, 5.41) is 7.08. The highest BCUT2D eigenvalue weighted by Gasteiger charge is 2.40. The minimum atomic E-state index is -0.236. The molecule has 2 aromatic carbocycles. The Hall–Kier alpha value is -2.32. The zero-order chi connectivity index (χ0) is 24.1. The smallest absolute Gasteiger partial charge is 0.258 e. The number of piperidine rings is 1. The maximum absolute atomic E-state index is 12.6. The van der Waals surface area contributed by atoms with Crippen molar-refractivity contribution < 1.29 is 14.3 Å². The van der Waals surface area contributed by atoms with Gasteiger partial charge in [-0.2, -0.15) is 0 Å². The molecular weight excluding hydrogens is 475 g/mol. The van der Waals surface area contributed by atoms with Crippen molar-refractivity contribution in [1.29, 1.82) is 0 Å². The monoisotopic (exact) mass is 504 g/mol. The van der Waals surface area contributed by atoms with E-state index in [0.717, 1.165) is 37.3 Å². The van der Waals surface area contributed by atoms with Crippen LogP contribution in [0.15, 0.2) is 42.5 Å². The van der Waals surface area contributed by atoms with Crippen molar-refractivity contribution in [2.75, 3.05) is 18.5 Å². The van der Waals surface area contributed by atoms with Gasteiger partial charge in [0.05, 0.1) is 5.69 Å². The summed E-state index contributed by atoms with van der Waals surface area (Å²) in [6.45, 7) is 1.01. The number of nitrogens with one attached hydrogen (secondary N) is 2. The molecule has 2 bridgehead atoms. The van der Waals surface area contributed by atoms with Gasteiger partial charge < -0.3 is 21.1 Å². The lowest BCUT2D eigenvalue weighted by Crippen LogP contribution is -2.50. The highest BCUT2D eigenvalue weighted by molar-refractivity contribution is 6.31. The fraction of sp³-hybridized carbons (Fsp3) is 0.440. The summed E-state index contributed by atoms with van der Waals surface area (Å²) in [6.07, 6.45) is 4.34. The van der Waals surface area contributed by atoms with Crippen LogP contribution in [0.5, 0.6) is 5.75 Å². The predicted octanol–water partition coefficient (Wildman–Crippen LogP) is 3.97. The molecule has 0 saturated carbocycles. The maximum atomic E-state index is 12.6. The molecule has 4 rings (SSSR count). The maximum Gasteiger partial charge on any atom is 0.258 e. The van der Waals surface area contributed by atoms with Gasteiger partial charge in [0.1, 0.15) is 5.75 Å². The standard InChI is InChI=1S/C25H30Cl2N4O3/c26-17-3-1-16(2-4-17)14-31-20-6-7-21(31)13-19(12-20)29-25(33)15-34-23-8-5-18(27)11-22(23)30-24(32)9-10-28/h1-5,8,11,19-21H,6-7,9-10,12-15,28H2,(H,29,33)(H,30,32). The van der Waals surface area contributed by atoms with Gasteiger partial charge in [0.2, 0.25) is 5.91 Å². The first-order valence-corrected chi connectivity index (χ1v) is 12.4. The lowest BCUT2D eigenvalue weighted by atomic mass is 9.96. The van der Waals surface area contributed by atoms with Gasteiger partial charge in [0.25, 0.3) is 5.91 Å². The third kappa shape index (κ3) is 6.42. The van der Waals surface area contributed by atoms with Crippen LogP contribution in [0.25, 0.3) is 0 Å². The Balaban J connectivity index is 1.29. The van der Waals surface area contributed by atoms with E-state index in [2.05, 4.69) is 27.7 Å². The molecular formula is C25H30Cl2N4O3. The molecule has 2 fully saturated rings. The van der Waals surface area contributed by atoms with Crippen molar-refractivity contribution in [1.82, 2.24) is 10.2 Å². The molecule has 2 amide bonds. The van der Waals surface area contributed by atoms with Gasteiger partial charge in [-0.25, -0.2) is 0 Å². The molecule has 4 N–H and O–H groups in total. The van der Waals surface area contributed by atoms with Crippen LogP contribution in [0, 0.1) is 0 Å². The summed E-state index contributed by atoms with van der Waals surface area (Å²) in [5.41, 5.74) is 7.12. The van der Waals surface area contributed by atoms with Crippen LogP contribution in [0.4, 0.5) is 5.69 Å². The quantitative estimate of drug-likeness (QED) is 0.479. The van der Waals surface area contributed by atoms with Gasteiger partial charge in [-0.3, -0.25) is 14.5 Å². The van der Waals surface area contributed by atoms with Crippen LogP contribution in [0.1, 0.15) is 37.7 Å². The van der Waals surface area contributed by atoms with Crippen molar-refractivity contribution in [2.24, 2.45) is 5.73 Å². The van der Waals surface area contributed by atoms with Crippen LogP contribution in [0.2, 0.25) is 10.0 Å². The highest BCUT2D eigenvalue weighted by atomic mass is 35.5. The summed E-state index contributed by atoms with van der Waals surface area (Å²) in [5.74, 6) is -0.0209. The predicted molar refractivity (Wildman–Crippen MR) is 134 cm³/mol. The molecule has 7 nitrogen and oxygen atoms in total. The zero-order valence-electron chi connectivity index (χ0n) is 18.9. The highest BCUT2D eigenvalue weighted by Crippen LogP contribution is 2.37. The minimum absolute atomic E-state index is 0.129. The van der Waals surface area contributed by atoms with Crippen LogP contribution in [-0.2, 0) is 16.1 Å². The third-order valence-corrected chi connectivity index (χ3v) is 6.96. The Morgan fingerprint density at radius 3 is 2.35 bits per heavy atom. The zero-order valence-corrected chi connectivity index (χ0v) is 20.4. The van der Waals surface area contributed by atoms with Crippen molar-refractivity contribution in [3.63, 3.8) is 0 Å². The SMILES string of the molecule is NCCC(=O)Nc1cc(Cl)ccc1OCC(=O)NC1CC2CCC(C1)N2Cc1ccc(Cl)cc1. The summed E-state index contributed by atoms with van der Waals surface area (Å²) < 4.78 is 5.72. The average molecular weight is 505 g/mol. The van der Waals surface area contributed by atoms with E-state index in [1.54, 1.807) is 18.2 Å². The van der Waals surface area contributed by atoms with Gasteiger partial charge >= 0.3 is 0 Å². The topological polar surface area (TPSA) is 96.7 Å². The van der Waals surface area contributed by atoms with E-state index in [-0.39, 0.29) is 37.4 Å². The number of anilines is 1. The molecule has 182 valence electrons. The van der Waals surface area contributed by atoms with Crippen LogP contribution >= 0.6 is 23.2 Å². The normalized spacial score (nSPS) is 21.8. The Morgan fingerprint density at radius 1 is 1.00 bits per heavy atom. The fourth-order valence-electron chi connectivity index (χ4n) is 4.93. The molecule has 9 heteroatoms. The first-order valence-electron chi connectivity index (χ1n) is 11.6. The number of fused-ring (bicyclic) bond motifs is 2. The molecule has 2 heterocycles. The van der Waals surface area contributed by atoms with Crippen LogP contribution in [0.3, 0.4) is 0 Å². The van der Waals surface area contributed by atoms with Gasteiger partial charge in [-0.15, -0.1) is 0 Å². The number of nitrogens with two attached hydrogens (primary N) is 1. The van der Waals surface area contributed by atoms with Gasteiger partial charge in [-0.05, 0) is 61.6 Å². The molecule has 2 saturated heterocycles. The molecule has 0 spiro atoms. The van der Waals surface area contributed by atoms with Crippen molar-refractivity contribution in [3.8, 4) is 5.75 Å². The number of benzene rings is 2. The Kier molecular flexibility index (Phi) is 8.32. The van der Waals surface area contributed by atoms with E-state index in [1.807, 2.05) is 12.1 Å². The van der Waals surface area contributed by atoms with E-state index in [9.17, 15) is 9.59 Å². The first-order chi connectivity index (χ1) is 16.4. The van der Waals surface area contributed by atoms with Crippen molar-refractivity contribution in [2.45, 2.75) is 56.8 Å². The van der Waals surface area contributed by atoms with Gasteiger partial charge in [0, 0.05) is 47.7 Å². The Labute approximate surface area is 209 Å². The van der Waals surface area contributed by atoms with Crippen LogP contribution < -0.4 is 21.1 Å². The number of carbonyl (C=O) groups excluding carboxylic acids is 2. The Bertz CT molecular complexity index is 1000. The summed E-state index contributed by atoms with van der Waals surface area (Å²) in [4.78, 5) is 27.1. The van der Waals surface area contributed by atoms with Gasteiger partial charge in [-0.1, -0.05) is 35.3 Å². The molecule has 2 aromatic rings. The Morgan fingerprint density at radius 2 is 1.68 bits per heavy atom. The molecule has 2 unspecified atom stereocenters.